The summed E-state index contributed by atoms with van der Waals surface area (Å²) in [4.78, 5) is 12.3. The van der Waals surface area contributed by atoms with Gasteiger partial charge in [-0.3, -0.25) is 9.48 Å². The number of amides is 1. The van der Waals surface area contributed by atoms with E-state index in [1.54, 1.807) is 4.68 Å². The molecule has 1 aromatic rings. The van der Waals surface area contributed by atoms with E-state index in [9.17, 15) is 4.79 Å². The first-order valence-corrected chi connectivity index (χ1v) is 7.91. The van der Waals surface area contributed by atoms with Crippen LogP contribution in [0.5, 0.6) is 0 Å². The maximum Gasteiger partial charge on any atom is 0.269 e. The molecule has 0 radical (unpaired) electrons. The molecule has 6 nitrogen and oxygen atoms in total. The molecular formula is C16H21N5O. The third-order valence-electron chi connectivity index (χ3n) is 4.19. The van der Waals surface area contributed by atoms with Gasteiger partial charge in [0.1, 0.15) is 5.69 Å². The molecule has 0 saturated heterocycles. The molecule has 1 aliphatic heterocycles. The third-order valence-corrected chi connectivity index (χ3v) is 4.19. The zero-order valence-electron chi connectivity index (χ0n) is 12.9. The number of nitrogens with zero attached hydrogens (tertiary/aromatic N) is 4. The van der Waals surface area contributed by atoms with Crippen LogP contribution in [0.3, 0.4) is 0 Å². The van der Waals surface area contributed by atoms with Gasteiger partial charge >= 0.3 is 0 Å². The Morgan fingerprint density at radius 3 is 2.86 bits per heavy atom. The summed E-state index contributed by atoms with van der Waals surface area (Å²) >= 11 is 0. The van der Waals surface area contributed by atoms with Gasteiger partial charge in [-0.15, -0.1) is 12.3 Å². The van der Waals surface area contributed by atoms with Gasteiger partial charge in [-0.25, -0.2) is 0 Å². The van der Waals surface area contributed by atoms with E-state index < -0.39 is 0 Å². The van der Waals surface area contributed by atoms with E-state index in [1.807, 2.05) is 13.0 Å². The molecule has 22 heavy (non-hydrogen) atoms. The van der Waals surface area contributed by atoms with Crippen molar-refractivity contribution in [2.45, 2.75) is 57.2 Å². The van der Waals surface area contributed by atoms with E-state index in [-0.39, 0.29) is 11.6 Å². The smallest absolute Gasteiger partial charge is 0.269 e. The fraction of sp³-hybridized carbons (Fsp3) is 0.625. The van der Waals surface area contributed by atoms with E-state index in [4.69, 9.17) is 6.42 Å². The van der Waals surface area contributed by atoms with Gasteiger partial charge in [0, 0.05) is 38.3 Å². The van der Waals surface area contributed by atoms with Crippen LogP contribution < -0.4 is 5.32 Å². The maximum absolute atomic E-state index is 12.3. The number of aromatic nitrogens is 2. The van der Waals surface area contributed by atoms with Gasteiger partial charge in [-0.2, -0.15) is 15.3 Å². The van der Waals surface area contributed by atoms with Crippen molar-refractivity contribution in [3.8, 4) is 12.3 Å². The second-order valence-corrected chi connectivity index (χ2v) is 5.94. The van der Waals surface area contributed by atoms with Crippen molar-refractivity contribution in [2.24, 2.45) is 10.2 Å². The molecule has 1 amide bonds. The Bertz CT molecular complexity index is 629. The minimum Gasteiger partial charge on any atom is -0.351 e. The zero-order chi connectivity index (χ0) is 15.6. The van der Waals surface area contributed by atoms with Crippen LogP contribution in [-0.4, -0.2) is 27.9 Å². The molecular weight excluding hydrogens is 278 g/mol. The van der Waals surface area contributed by atoms with E-state index in [0.29, 0.717) is 37.5 Å². The number of rotatable bonds is 8. The van der Waals surface area contributed by atoms with Crippen LogP contribution in [0.1, 0.15) is 61.1 Å². The zero-order valence-corrected chi connectivity index (χ0v) is 12.9. The van der Waals surface area contributed by atoms with Crippen LogP contribution in [0.15, 0.2) is 16.3 Å². The van der Waals surface area contributed by atoms with Gasteiger partial charge in [-0.05, 0) is 25.8 Å². The highest BCUT2D eigenvalue weighted by atomic mass is 16.2. The predicted octanol–water partition coefficient (Wildman–Crippen LogP) is 2.48. The molecule has 2 heterocycles. The predicted molar refractivity (Wildman–Crippen MR) is 82.5 cm³/mol. The number of carbonyl (C=O) groups excluding carboxylic acids is 1. The highest BCUT2D eigenvalue weighted by Gasteiger charge is 2.38. The lowest BCUT2D eigenvalue weighted by atomic mass is 10.0. The van der Waals surface area contributed by atoms with Gasteiger partial charge < -0.3 is 5.32 Å². The molecule has 3 rings (SSSR count). The van der Waals surface area contributed by atoms with Crippen LogP contribution >= 0.6 is 0 Å². The molecule has 1 saturated carbocycles. The van der Waals surface area contributed by atoms with Crippen molar-refractivity contribution in [1.82, 2.24) is 15.1 Å². The average Bonchev–Trinajstić information content (AvgIpc) is 3.45. The van der Waals surface area contributed by atoms with Crippen LogP contribution in [0.2, 0.25) is 0 Å². The molecule has 116 valence electrons. The third kappa shape index (κ3) is 3.19. The van der Waals surface area contributed by atoms with Crippen molar-refractivity contribution < 1.29 is 4.79 Å². The Morgan fingerprint density at radius 2 is 2.27 bits per heavy atom. The van der Waals surface area contributed by atoms with E-state index >= 15 is 0 Å². The molecule has 0 spiro atoms. The van der Waals surface area contributed by atoms with Crippen LogP contribution in [0.25, 0.3) is 0 Å². The summed E-state index contributed by atoms with van der Waals surface area (Å²) in [5.41, 5.74) is 1.35. The topological polar surface area (TPSA) is 71.6 Å². The highest BCUT2D eigenvalue weighted by molar-refractivity contribution is 5.92. The standard InChI is InChI=1S/C16H21N5O/c1-3-5-8-16(19-20-16)9-10-17-15(22)14-11-13(12-6-7-12)18-21(14)4-2/h1,11-12H,4-10H2,2H3,(H,17,22). The van der Waals surface area contributed by atoms with Crippen LogP contribution in [0, 0.1) is 12.3 Å². The summed E-state index contributed by atoms with van der Waals surface area (Å²) in [5.74, 6) is 3.08. The number of carbonyl (C=O) groups is 1. The molecule has 1 aliphatic carbocycles. The summed E-state index contributed by atoms with van der Waals surface area (Å²) < 4.78 is 1.78. The second-order valence-electron chi connectivity index (χ2n) is 5.94. The number of aryl methyl sites for hydroxylation is 1. The second kappa shape index (κ2) is 5.91. The molecule has 0 unspecified atom stereocenters. The Morgan fingerprint density at radius 1 is 1.50 bits per heavy atom. The van der Waals surface area contributed by atoms with Crippen molar-refractivity contribution in [3.63, 3.8) is 0 Å². The quantitative estimate of drug-likeness (QED) is 0.749. The lowest BCUT2D eigenvalue weighted by Gasteiger charge is -2.10. The van der Waals surface area contributed by atoms with Crippen molar-refractivity contribution in [2.75, 3.05) is 6.54 Å². The molecule has 1 N–H and O–H groups in total. The number of terminal acetylenes is 1. The molecule has 1 fully saturated rings. The summed E-state index contributed by atoms with van der Waals surface area (Å²) in [6.07, 6.45) is 9.76. The van der Waals surface area contributed by atoms with Crippen LogP contribution in [0.4, 0.5) is 0 Å². The lowest BCUT2D eigenvalue weighted by Crippen LogP contribution is -2.30. The SMILES string of the molecule is C#CCCC1(CCNC(=O)c2cc(C3CC3)nn2CC)N=N1. The van der Waals surface area contributed by atoms with Gasteiger partial charge in [0.15, 0.2) is 5.66 Å². The summed E-state index contributed by atoms with van der Waals surface area (Å²) in [6.45, 7) is 3.24. The first-order valence-electron chi connectivity index (χ1n) is 7.91. The first-order chi connectivity index (χ1) is 10.7. The summed E-state index contributed by atoms with van der Waals surface area (Å²) in [5, 5.41) is 15.6. The number of hydrogen-bond donors (Lipinski definition) is 1. The fourth-order valence-corrected chi connectivity index (χ4v) is 2.57. The van der Waals surface area contributed by atoms with Crippen molar-refractivity contribution in [3.05, 3.63) is 17.5 Å². The molecule has 6 heteroatoms. The monoisotopic (exact) mass is 299 g/mol. The largest absolute Gasteiger partial charge is 0.351 e. The van der Waals surface area contributed by atoms with Gasteiger partial charge in [0.2, 0.25) is 0 Å². The van der Waals surface area contributed by atoms with Crippen molar-refractivity contribution in [1.29, 1.82) is 0 Å². The Kier molecular flexibility index (Phi) is 3.97. The minimum absolute atomic E-state index is 0.0750. The summed E-state index contributed by atoms with van der Waals surface area (Å²) in [6, 6.07) is 1.93. The highest BCUT2D eigenvalue weighted by Crippen LogP contribution is 2.39. The molecule has 0 aromatic carbocycles. The Labute approximate surface area is 130 Å². The normalized spacial score (nSPS) is 18.0. The Balaban J connectivity index is 1.53. The van der Waals surface area contributed by atoms with E-state index in [0.717, 1.165) is 12.1 Å². The maximum atomic E-state index is 12.3. The van der Waals surface area contributed by atoms with E-state index in [1.165, 1.54) is 12.8 Å². The lowest BCUT2D eigenvalue weighted by molar-refractivity contribution is 0.0941. The molecule has 0 bridgehead atoms. The van der Waals surface area contributed by atoms with Crippen LogP contribution in [-0.2, 0) is 6.54 Å². The van der Waals surface area contributed by atoms with Crippen molar-refractivity contribution >= 4 is 5.91 Å². The number of hydrogen-bond acceptors (Lipinski definition) is 4. The number of nitrogens with one attached hydrogen (secondary N) is 1. The van der Waals surface area contributed by atoms with Gasteiger partial charge in [0.05, 0.1) is 5.69 Å². The molecule has 0 atom stereocenters. The molecule has 1 aromatic heterocycles. The Hall–Kier alpha value is -2.16. The first kappa shape index (κ1) is 14.8. The average molecular weight is 299 g/mol. The van der Waals surface area contributed by atoms with Gasteiger partial charge in [-0.1, -0.05) is 0 Å². The van der Waals surface area contributed by atoms with E-state index in [2.05, 4.69) is 26.6 Å². The summed E-state index contributed by atoms with van der Waals surface area (Å²) in [7, 11) is 0. The molecule has 2 aliphatic rings. The minimum atomic E-state index is -0.343. The van der Waals surface area contributed by atoms with Gasteiger partial charge in [0.25, 0.3) is 5.91 Å². The fourth-order valence-electron chi connectivity index (χ4n) is 2.57.